The molecule has 3 nitrogen and oxygen atoms in total. The van der Waals surface area contributed by atoms with Gasteiger partial charge in [0.15, 0.2) is 0 Å². The highest BCUT2D eigenvalue weighted by Gasteiger charge is 2.06. The number of ether oxygens (including phenoxy) is 1. The Morgan fingerprint density at radius 3 is 2.88 bits per heavy atom. The average Bonchev–Trinajstić information content (AvgIpc) is 2.65. The van der Waals surface area contributed by atoms with Gasteiger partial charge in [-0.1, -0.05) is 17.7 Å². The number of nitrogens with one attached hydrogen (secondary N) is 1. The van der Waals surface area contributed by atoms with E-state index in [2.05, 4.69) is 25.9 Å². The fraction of sp³-hybridized carbons (Fsp3) is 0.182. The van der Waals surface area contributed by atoms with Crippen LogP contribution in [0.5, 0.6) is 5.75 Å². The molecular weight excluding hydrogens is 291 g/mol. The van der Waals surface area contributed by atoms with Gasteiger partial charge in [0, 0.05) is 6.42 Å². The van der Waals surface area contributed by atoms with E-state index in [0.717, 1.165) is 22.3 Å². The molecule has 0 unspecified atom stereocenters. The van der Waals surface area contributed by atoms with E-state index in [-0.39, 0.29) is 0 Å². The molecule has 0 radical (unpaired) electrons. The van der Waals surface area contributed by atoms with Crippen LogP contribution in [0.1, 0.15) is 11.3 Å². The lowest BCUT2D eigenvalue weighted by atomic mass is 10.1. The van der Waals surface area contributed by atoms with Crippen LogP contribution in [0.3, 0.4) is 0 Å². The van der Waals surface area contributed by atoms with Crippen molar-refractivity contribution in [2.45, 2.75) is 6.42 Å². The predicted molar refractivity (Wildman–Crippen MR) is 67.1 cm³/mol. The molecule has 1 N–H and O–H groups in total. The number of imidazole rings is 1. The third kappa shape index (κ3) is 2.39. The molecule has 0 amide bonds. The van der Waals surface area contributed by atoms with E-state index in [0.29, 0.717) is 10.8 Å². The van der Waals surface area contributed by atoms with Crippen LogP contribution in [0.15, 0.2) is 29.1 Å². The zero-order valence-electron chi connectivity index (χ0n) is 8.63. The number of rotatable bonds is 3. The molecule has 0 atom stereocenters. The summed E-state index contributed by atoms with van der Waals surface area (Å²) in [7, 11) is 1.60. The van der Waals surface area contributed by atoms with Crippen LogP contribution < -0.4 is 4.74 Å². The zero-order chi connectivity index (χ0) is 11.5. The second-order valence-corrected chi connectivity index (χ2v) is 4.48. The SMILES string of the molecule is COc1ccc(Cc2[nH]cnc2Br)cc1Cl. The summed E-state index contributed by atoms with van der Waals surface area (Å²) < 4.78 is 5.93. The summed E-state index contributed by atoms with van der Waals surface area (Å²) in [6.45, 7) is 0. The Bertz CT molecular complexity index is 498. The molecule has 0 fully saturated rings. The van der Waals surface area contributed by atoms with Crippen LogP contribution in [0, 0.1) is 0 Å². The van der Waals surface area contributed by atoms with Crippen molar-refractivity contribution in [1.82, 2.24) is 9.97 Å². The zero-order valence-corrected chi connectivity index (χ0v) is 11.0. The quantitative estimate of drug-likeness (QED) is 0.943. The Labute approximate surface area is 107 Å². The maximum absolute atomic E-state index is 6.05. The molecule has 1 aromatic heterocycles. The summed E-state index contributed by atoms with van der Waals surface area (Å²) in [5, 5.41) is 0.621. The Balaban J connectivity index is 2.23. The normalized spacial score (nSPS) is 10.4. The molecule has 0 saturated carbocycles. The van der Waals surface area contributed by atoms with Crippen molar-refractivity contribution in [2.75, 3.05) is 7.11 Å². The summed E-state index contributed by atoms with van der Waals surface area (Å²) in [4.78, 5) is 7.14. The highest BCUT2D eigenvalue weighted by atomic mass is 79.9. The first-order chi connectivity index (χ1) is 7.70. The summed E-state index contributed by atoms with van der Waals surface area (Å²) >= 11 is 9.42. The molecule has 1 aromatic carbocycles. The lowest BCUT2D eigenvalue weighted by Crippen LogP contribution is -1.91. The van der Waals surface area contributed by atoms with Gasteiger partial charge in [0.25, 0.3) is 0 Å². The first-order valence-corrected chi connectivity index (χ1v) is 5.88. The minimum Gasteiger partial charge on any atom is -0.495 e. The van der Waals surface area contributed by atoms with Gasteiger partial charge in [-0.3, -0.25) is 0 Å². The molecule has 2 rings (SSSR count). The van der Waals surface area contributed by atoms with Crippen molar-refractivity contribution in [3.05, 3.63) is 45.4 Å². The van der Waals surface area contributed by atoms with Gasteiger partial charge in [0.2, 0.25) is 0 Å². The number of benzene rings is 1. The molecule has 0 aliphatic rings. The van der Waals surface area contributed by atoms with Crippen LogP contribution in [-0.4, -0.2) is 17.1 Å². The van der Waals surface area contributed by atoms with Crippen LogP contribution >= 0.6 is 27.5 Å². The van der Waals surface area contributed by atoms with Crippen LogP contribution in [0.2, 0.25) is 5.02 Å². The minimum absolute atomic E-state index is 0.621. The smallest absolute Gasteiger partial charge is 0.137 e. The van der Waals surface area contributed by atoms with Gasteiger partial charge in [-0.2, -0.15) is 0 Å². The van der Waals surface area contributed by atoms with Crippen molar-refractivity contribution in [1.29, 1.82) is 0 Å². The third-order valence-electron chi connectivity index (χ3n) is 2.26. The highest BCUT2D eigenvalue weighted by Crippen LogP contribution is 2.26. The number of H-pyrrole nitrogens is 1. The first kappa shape index (κ1) is 11.5. The van der Waals surface area contributed by atoms with Gasteiger partial charge in [-0.15, -0.1) is 0 Å². The molecule has 84 valence electrons. The molecular formula is C11H10BrClN2O. The Morgan fingerprint density at radius 1 is 1.50 bits per heavy atom. The average molecular weight is 302 g/mol. The topological polar surface area (TPSA) is 37.9 Å². The molecule has 16 heavy (non-hydrogen) atoms. The van der Waals surface area contributed by atoms with Crippen LogP contribution in [0.4, 0.5) is 0 Å². The number of aromatic nitrogens is 2. The molecule has 0 aliphatic carbocycles. The van der Waals surface area contributed by atoms with Crippen molar-refractivity contribution in [3.8, 4) is 5.75 Å². The Kier molecular flexibility index (Phi) is 3.51. The van der Waals surface area contributed by atoms with Crippen molar-refractivity contribution in [2.24, 2.45) is 0 Å². The van der Waals surface area contributed by atoms with Gasteiger partial charge in [-0.25, -0.2) is 4.98 Å². The number of methoxy groups -OCH3 is 1. The molecule has 5 heteroatoms. The fourth-order valence-corrected chi connectivity index (χ4v) is 2.09. The van der Waals surface area contributed by atoms with E-state index in [1.54, 1.807) is 13.4 Å². The number of halogens is 2. The number of hydrogen-bond donors (Lipinski definition) is 1. The Morgan fingerprint density at radius 2 is 2.31 bits per heavy atom. The largest absolute Gasteiger partial charge is 0.495 e. The standard InChI is InChI=1S/C11H10BrClN2O/c1-16-10-3-2-7(4-8(10)13)5-9-11(12)15-6-14-9/h2-4,6H,5H2,1H3,(H,14,15). The molecule has 0 saturated heterocycles. The van der Waals surface area contributed by atoms with Gasteiger partial charge < -0.3 is 9.72 Å². The lowest BCUT2D eigenvalue weighted by molar-refractivity contribution is 0.415. The second-order valence-electron chi connectivity index (χ2n) is 3.32. The number of aromatic amines is 1. The summed E-state index contributed by atoms with van der Waals surface area (Å²) in [6, 6.07) is 5.74. The van der Waals surface area contributed by atoms with Crippen molar-refractivity contribution < 1.29 is 4.74 Å². The van der Waals surface area contributed by atoms with E-state index in [9.17, 15) is 0 Å². The van der Waals surface area contributed by atoms with Crippen molar-refractivity contribution >= 4 is 27.5 Å². The van der Waals surface area contributed by atoms with E-state index in [4.69, 9.17) is 16.3 Å². The highest BCUT2D eigenvalue weighted by molar-refractivity contribution is 9.10. The molecule has 0 aliphatic heterocycles. The summed E-state index contributed by atoms with van der Waals surface area (Å²) in [6.07, 6.45) is 2.41. The monoisotopic (exact) mass is 300 g/mol. The van der Waals surface area contributed by atoms with E-state index >= 15 is 0 Å². The van der Waals surface area contributed by atoms with Gasteiger partial charge >= 0.3 is 0 Å². The molecule has 2 aromatic rings. The van der Waals surface area contributed by atoms with E-state index in [1.807, 2.05) is 18.2 Å². The summed E-state index contributed by atoms with van der Waals surface area (Å²) in [5.41, 5.74) is 2.14. The lowest BCUT2D eigenvalue weighted by Gasteiger charge is -2.05. The number of nitrogens with zero attached hydrogens (tertiary/aromatic N) is 1. The second kappa shape index (κ2) is 4.89. The van der Waals surface area contributed by atoms with Gasteiger partial charge in [0.1, 0.15) is 10.4 Å². The first-order valence-electron chi connectivity index (χ1n) is 4.71. The maximum Gasteiger partial charge on any atom is 0.137 e. The minimum atomic E-state index is 0.621. The third-order valence-corrected chi connectivity index (χ3v) is 3.24. The maximum atomic E-state index is 6.05. The fourth-order valence-electron chi connectivity index (χ4n) is 1.45. The van der Waals surface area contributed by atoms with E-state index < -0.39 is 0 Å². The van der Waals surface area contributed by atoms with Crippen LogP contribution in [-0.2, 0) is 6.42 Å². The summed E-state index contributed by atoms with van der Waals surface area (Å²) in [5.74, 6) is 0.689. The Hall–Kier alpha value is -1.00. The van der Waals surface area contributed by atoms with Crippen LogP contribution in [0.25, 0.3) is 0 Å². The molecule has 1 heterocycles. The van der Waals surface area contributed by atoms with Gasteiger partial charge in [0.05, 0.1) is 24.2 Å². The van der Waals surface area contributed by atoms with Crippen molar-refractivity contribution in [3.63, 3.8) is 0 Å². The number of hydrogen-bond acceptors (Lipinski definition) is 2. The molecule has 0 bridgehead atoms. The predicted octanol–water partition coefficient (Wildman–Crippen LogP) is 3.43. The van der Waals surface area contributed by atoms with E-state index in [1.165, 1.54) is 0 Å². The molecule has 0 spiro atoms. The van der Waals surface area contributed by atoms with Gasteiger partial charge in [-0.05, 0) is 33.6 Å².